The van der Waals surface area contributed by atoms with E-state index in [1.807, 2.05) is 6.92 Å². The second-order valence-electron chi connectivity index (χ2n) is 5.28. The number of rotatable bonds is 8. The highest BCUT2D eigenvalue weighted by atomic mass is 32.2. The quantitative estimate of drug-likeness (QED) is 0.507. The molecule has 0 saturated heterocycles. The van der Waals surface area contributed by atoms with Gasteiger partial charge in [-0.1, -0.05) is 38.5 Å². The van der Waals surface area contributed by atoms with Crippen LogP contribution in [0.15, 0.2) is 5.16 Å². The second kappa shape index (κ2) is 7.56. The highest BCUT2D eigenvalue weighted by molar-refractivity contribution is 7.99. The molecule has 2 aromatic rings. The molecule has 0 radical (unpaired) electrons. The number of anilines is 1. The normalized spacial score (nSPS) is 14.3. The number of aliphatic hydroxyl groups is 1. The van der Waals surface area contributed by atoms with Gasteiger partial charge in [0.25, 0.3) is 0 Å². The van der Waals surface area contributed by atoms with Crippen LogP contribution >= 0.6 is 11.8 Å². The van der Waals surface area contributed by atoms with E-state index in [1.165, 1.54) is 12.8 Å². The van der Waals surface area contributed by atoms with E-state index in [-0.39, 0.29) is 12.6 Å². The highest BCUT2D eigenvalue weighted by Crippen LogP contribution is 2.24. The van der Waals surface area contributed by atoms with E-state index in [0.29, 0.717) is 28.1 Å². The van der Waals surface area contributed by atoms with Crippen LogP contribution in [-0.2, 0) is 0 Å². The fourth-order valence-corrected chi connectivity index (χ4v) is 2.87. The predicted molar refractivity (Wildman–Crippen MR) is 84.4 cm³/mol. The summed E-state index contributed by atoms with van der Waals surface area (Å²) in [6, 6.07) is -0.100. The number of hydrogen-bond donors (Lipinski definition) is 3. The SMILES string of the molecule is CCCC(C)CSc1nc(N[C@H](C)CO)c2n[nH]nc2n1. The molecule has 21 heavy (non-hydrogen) atoms. The molecule has 3 N–H and O–H groups in total. The van der Waals surface area contributed by atoms with Crippen molar-refractivity contribution >= 4 is 28.7 Å². The minimum absolute atomic E-state index is 0.0271. The maximum Gasteiger partial charge on any atom is 0.207 e. The molecule has 0 aromatic carbocycles. The summed E-state index contributed by atoms with van der Waals surface area (Å²) < 4.78 is 0. The fourth-order valence-electron chi connectivity index (χ4n) is 1.96. The largest absolute Gasteiger partial charge is 0.394 e. The molecule has 1 unspecified atom stereocenters. The zero-order valence-corrected chi connectivity index (χ0v) is 13.4. The minimum atomic E-state index is -0.100. The number of aliphatic hydroxyl groups excluding tert-OH is 1. The molecule has 116 valence electrons. The van der Waals surface area contributed by atoms with Crippen molar-refractivity contribution in [2.24, 2.45) is 5.92 Å². The first-order valence-corrected chi connectivity index (χ1v) is 8.21. The Bertz CT molecular complexity index is 575. The number of aromatic nitrogens is 5. The average Bonchev–Trinajstić information content (AvgIpc) is 2.94. The lowest BCUT2D eigenvalue weighted by Gasteiger charge is -2.13. The first-order chi connectivity index (χ1) is 10.1. The zero-order valence-electron chi connectivity index (χ0n) is 12.6. The molecule has 0 fully saturated rings. The van der Waals surface area contributed by atoms with Crippen LogP contribution in [0.5, 0.6) is 0 Å². The van der Waals surface area contributed by atoms with Crippen molar-refractivity contribution in [3.8, 4) is 0 Å². The molecule has 0 aliphatic carbocycles. The van der Waals surface area contributed by atoms with Crippen LogP contribution in [0, 0.1) is 5.92 Å². The summed E-state index contributed by atoms with van der Waals surface area (Å²) in [4.78, 5) is 8.91. The maximum absolute atomic E-state index is 9.17. The summed E-state index contributed by atoms with van der Waals surface area (Å²) in [6.45, 7) is 6.33. The topological polar surface area (TPSA) is 99.6 Å². The van der Waals surface area contributed by atoms with Crippen LogP contribution < -0.4 is 5.32 Å². The molecule has 8 heteroatoms. The van der Waals surface area contributed by atoms with Crippen LogP contribution in [0.3, 0.4) is 0 Å². The number of nitrogens with zero attached hydrogens (tertiary/aromatic N) is 4. The molecule has 7 nitrogen and oxygen atoms in total. The van der Waals surface area contributed by atoms with Crippen LogP contribution in [0.1, 0.15) is 33.6 Å². The highest BCUT2D eigenvalue weighted by Gasteiger charge is 2.14. The Morgan fingerprint density at radius 1 is 1.29 bits per heavy atom. The number of aromatic amines is 1. The number of nitrogens with one attached hydrogen (secondary N) is 2. The molecular formula is C13H22N6OS. The summed E-state index contributed by atoms with van der Waals surface area (Å²) in [5, 5.41) is 23.7. The number of fused-ring (bicyclic) bond motifs is 1. The number of hydrogen-bond acceptors (Lipinski definition) is 7. The third kappa shape index (κ3) is 4.28. The summed E-state index contributed by atoms with van der Waals surface area (Å²) in [7, 11) is 0. The van der Waals surface area contributed by atoms with E-state index >= 15 is 0 Å². The number of thioether (sulfide) groups is 1. The summed E-state index contributed by atoms with van der Waals surface area (Å²) in [5.41, 5.74) is 1.14. The van der Waals surface area contributed by atoms with Gasteiger partial charge < -0.3 is 10.4 Å². The van der Waals surface area contributed by atoms with Gasteiger partial charge in [0.05, 0.1) is 6.61 Å². The van der Waals surface area contributed by atoms with Crippen molar-refractivity contribution in [3.63, 3.8) is 0 Å². The lowest BCUT2D eigenvalue weighted by Crippen LogP contribution is -2.20. The first-order valence-electron chi connectivity index (χ1n) is 7.22. The molecule has 2 atom stereocenters. The minimum Gasteiger partial charge on any atom is -0.394 e. The van der Waals surface area contributed by atoms with E-state index in [2.05, 4.69) is 44.5 Å². The van der Waals surface area contributed by atoms with Crippen molar-refractivity contribution in [3.05, 3.63) is 0 Å². The molecule has 2 rings (SSSR count). The van der Waals surface area contributed by atoms with E-state index in [0.717, 1.165) is 5.75 Å². The third-order valence-electron chi connectivity index (χ3n) is 3.10. The van der Waals surface area contributed by atoms with Gasteiger partial charge in [-0.2, -0.15) is 15.3 Å². The summed E-state index contributed by atoms with van der Waals surface area (Å²) >= 11 is 1.63. The van der Waals surface area contributed by atoms with Crippen LogP contribution in [0.2, 0.25) is 0 Å². The van der Waals surface area contributed by atoms with Gasteiger partial charge in [-0.05, 0) is 12.8 Å². The standard InChI is InChI=1S/C13H22N6OS/c1-4-5-8(2)7-21-13-15-11(14-9(3)6-20)10-12(16-13)18-19-17-10/h8-9,20H,4-7H2,1-3H3,(H2,14,15,16,17,18,19)/t8?,9-/m1/s1. The molecule has 0 amide bonds. The van der Waals surface area contributed by atoms with Crippen molar-refractivity contribution in [2.75, 3.05) is 17.7 Å². The molecule has 0 bridgehead atoms. The Labute approximate surface area is 128 Å². The lowest BCUT2D eigenvalue weighted by atomic mass is 10.1. The average molecular weight is 310 g/mol. The Morgan fingerprint density at radius 2 is 2.10 bits per heavy atom. The van der Waals surface area contributed by atoms with Gasteiger partial charge in [0.1, 0.15) is 0 Å². The van der Waals surface area contributed by atoms with Crippen LogP contribution in [0.25, 0.3) is 11.2 Å². The summed E-state index contributed by atoms with van der Waals surface area (Å²) in [5.74, 6) is 2.22. The van der Waals surface area contributed by atoms with E-state index in [1.54, 1.807) is 11.8 Å². The maximum atomic E-state index is 9.17. The van der Waals surface area contributed by atoms with Gasteiger partial charge in [0, 0.05) is 11.8 Å². The van der Waals surface area contributed by atoms with E-state index in [4.69, 9.17) is 5.11 Å². The molecule has 2 heterocycles. The fraction of sp³-hybridized carbons (Fsp3) is 0.692. The van der Waals surface area contributed by atoms with Gasteiger partial charge in [0.2, 0.25) is 5.65 Å². The molecule has 0 aliphatic heterocycles. The van der Waals surface area contributed by atoms with Crippen LogP contribution in [-0.4, -0.2) is 48.9 Å². The van der Waals surface area contributed by atoms with E-state index in [9.17, 15) is 0 Å². The molecule has 0 spiro atoms. The predicted octanol–water partition coefficient (Wildman–Crippen LogP) is 2.07. The zero-order chi connectivity index (χ0) is 15.2. The number of H-pyrrole nitrogens is 1. The smallest absolute Gasteiger partial charge is 0.207 e. The molecular weight excluding hydrogens is 288 g/mol. The van der Waals surface area contributed by atoms with Gasteiger partial charge in [-0.3, -0.25) is 0 Å². The van der Waals surface area contributed by atoms with Crippen molar-refractivity contribution in [1.82, 2.24) is 25.4 Å². The lowest BCUT2D eigenvalue weighted by molar-refractivity contribution is 0.281. The van der Waals surface area contributed by atoms with Gasteiger partial charge in [0.15, 0.2) is 16.5 Å². The Morgan fingerprint density at radius 3 is 2.81 bits per heavy atom. The second-order valence-corrected chi connectivity index (χ2v) is 6.27. The van der Waals surface area contributed by atoms with Crippen LogP contribution in [0.4, 0.5) is 5.82 Å². The van der Waals surface area contributed by atoms with Gasteiger partial charge in [-0.15, -0.1) is 5.10 Å². The molecule has 0 saturated carbocycles. The van der Waals surface area contributed by atoms with Gasteiger partial charge in [-0.25, -0.2) is 4.98 Å². The van der Waals surface area contributed by atoms with Crippen molar-refractivity contribution in [1.29, 1.82) is 0 Å². The summed E-state index contributed by atoms with van der Waals surface area (Å²) in [6.07, 6.45) is 2.39. The monoisotopic (exact) mass is 310 g/mol. The van der Waals surface area contributed by atoms with Crippen molar-refractivity contribution < 1.29 is 5.11 Å². The molecule has 2 aromatic heterocycles. The Hall–Kier alpha value is -1.41. The van der Waals surface area contributed by atoms with Crippen molar-refractivity contribution in [2.45, 2.75) is 44.8 Å². The third-order valence-corrected chi connectivity index (χ3v) is 4.27. The van der Waals surface area contributed by atoms with Gasteiger partial charge >= 0.3 is 0 Å². The van der Waals surface area contributed by atoms with E-state index < -0.39 is 0 Å². The Balaban J connectivity index is 2.16. The first kappa shape index (κ1) is 16.0. The molecule has 0 aliphatic rings. The Kier molecular flexibility index (Phi) is 5.75.